The zero-order valence-electron chi connectivity index (χ0n) is 18.6. The standard InChI is InChI=1S/C25H23Cl2F4NO3/c1-13(25(29,30)31)21(14-2-5-16(26)6-3-14)22(35)32-19-8-15(4-7-18(19)27)17(9-20(33)34)23-10-24(28,11-23)12-23/h2-8,13,17,21H,9-12H2,1H3,(H,32,35)(H,33,34)/t13-,17+,21+,23?,24?/m1/s1. The Labute approximate surface area is 209 Å². The SMILES string of the molecule is C[C@H]([C@H](C(=O)Nc1cc([C@H](CC(=O)O)C23CC(F)(C2)C3)ccc1Cl)c1ccc(Cl)cc1)C(F)(F)F. The third-order valence-corrected chi connectivity index (χ3v) is 7.88. The normalized spacial score (nSPS) is 25.6. The Bertz CT molecular complexity index is 1130. The molecular weight excluding hydrogens is 509 g/mol. The number of carbonyl (C=O) groups excluding carboxylic acids is 1. The molecule has 3 aliphatic rings. The smallest absolute Gasteiger partial charge is 0.392 e. The molecule has 4 nitrogen and oxygen atoms in total. The van der Waals surface area contributed by atoms with Crippen LogP contribution in [-0.4, -0.2) is 28.8 Å². The van der Waals surface area contributed by atoms with E-state index in [1.807, 2.05) is 0 Å². The van der Waals surface area contributed by atoms with Crippen LogP contribution < -0.4 is 5.32 Å². The number of aliphatic carboxylic acids is 1. The fraction of sp³-hybridized carbons (Fsp3) is 0.440. The minimum absolute atomic E-state index is 0.0689. The molecule has 2 aromatic rings. The molecule has 1 amide bonds. The van der Waals surface area contributed by atoms with Gasteiger partial charge in [0, 0.05) is 10.9 Å². The lowest BCUT2D eigenvalue weighted by atomic mass is 9.37. The zero-order valence-corrected chi connectivity index (χ0v) is 20.1. The number of alkyl halides is 4. The maximum atomic E-state index is 14.2. The van der Waals surface area contributed by atoms with Crippen LogP contribution in [0.15, 0.2) is 42.5 Å². The molecule has 0 unspecified atom stereocenters. The summed E-state index contributed by atoms with van der Waals surface area (Å²) in [4.78, 5) is 24.7. The summed E-state index contributed by atoms with van der Waals surface area (Å²) in [6.07, 6.45) is -4.08. The first-order chi connectivity index (χ1) is 16.2. The maximum Gasteiger partial charge on any atom is 0.392 e. The fourth-order valence-corrected chi connectivity index (χ4v) is 5.85. The van der Waals surface area contributed by atoms with Crippen molar-refractivity contribution in [1.29, 1.82) is 0 Å². The molecule has 3 aliphatic carbocycles. The third kappa shape index (κ3) is 5.00. The van der Waals surface area contributed by atoms with E-state index in [9.17, 15) is 32.3 Å². The highest BCUT2D eigenvalue weighted by atomic mass is 35.5. The summed E-state index contributed by atoms with van der Waals surface area (Å²) in [5.41, 5.74) is -0.964. The first kappa shape index (κ1) is 25.8. The van der Waals surface area contributed by atoms with Gasteiger partial charge in [0.1, 0.15) is 5.67 Å². The fourth-order valence-electron chi connectivity index (χ4n) is 5.56. The quantitative estimate of drug-likeness (QED) is 0.349. The molecule has 0 aromatic heterocycles. The van der Waals surface area contributed by atoms with Gasteiger partial charge in [-0.05, 0) is 60.1 Å². The molecule has 0 aliphatic heterocycles. The molecule has 2 bridgehead atoms. The Balaban J connectivity index is 1.64. The molecule has 0 radical (unpaired) electrons. The number of anilines is 1. The predicted octanol–water partition coefficient (Wildman–Crippen LogP) is 7.36. The average Bonchev–Trinajstić information content (AvgIpc) is 2.71. The Hall–Kier alpha value is -2.32. The summed E-state index contributed by atoms with van der Waals surface area (Å²) in [6.45, 7) is 0.926. The molecule has 2 N–H and O–H groups in total. The molecule has 5 rings (SSSR count). The van der Waals surface area contributed by atoms with Crippen molar-refractivity contribution in [3.05, 3.63) is 63.6 Å². The van der Waals surface area contributed by atoms with Gasteiger partial charge in [-0.1, -0.05) is 48.3 Å². The molecule has 10 heteroatoms. The molecule has 2 aromatic carbocycles. The van der Waals surface area contributed by atoms with Crippen LogP contribution in [0.2, 0.25) is 10.0 Å². The number of hydrogen-bond acceptors (Lipinski definition) is 2. The Kier molecular flexibility index (Phi) is 6.60. The highest BCUT2D eigenvalue weighted by molar-refractivity contribution is 6.33. The van der Waals surface area contributed by atoms with Crippen LogP contribution in [0, 0.1) is 11.3 Å². The summed E-state index contributed by atoms with van der Waals surface area (Å²) in [6, 6.07) is 10.1. The number of carboxylic acids is 1. The van der Waals surface area contributed by atoms with Gasteiger partial charge < -0.3 is 10.4 Å². The monoisotopic (exact) mass is 531 g/mol. The van der Waals surface area contributed by atoms with Crippen molar-refractivity contribution in [3.63, 3.8) is 0 Å². The molecule has 3 atom stereocenters. The number of amides is 1. The van der Waals surface area contributed by atoms with Crippen molar-refractivity contribution in [3.8, 4) is 0 Å². The molecule has 0 heterocycles. The van der Waals surface area contributed by atoms with Gasteiger partial charge >= 0.3 is 12.1 Å². The van der Waals surface area contributed by atoms with E-state index in [0.717, 1.165) is 6.92 Å². The van der Waals surface area contributed by atoms with Gasteiger partial charge in [-0.2, -0.15) is 13.2 Å². The van der Waals surface area contributed by atoms with E-state index in [4.69, 9.17) is 23.2 Å². The summed E-state index contributed by atoms with van der Waals surface area (Å²) in [7, 11) is 0. The number of benzene rings is 2. The van der Waals surface area contributed by atoms with Crippen LogP contribution in [0.25, 0.3) is 0 Å². The molecule has 3 saturated carbocycles. The number of hydrogen-bond donors (Lipinski definition) is 2. The molecule has 0 saturated heterocycles. The van der Waals surface area contributed by atoms with E-state index >= 15 is 0 Å². The molecule has 35 heavy (non-hydrogen) atoms. The number of rotatable bonds is 8. The van der Waals surface area contributed by atoms with Gasteiger partial charge in [-0.25, -0.2) is 4.39 Å². The highest BCUT2D eigenvalue weighted by Crippen LogP contribution is 2.75. The number of carbonyl (C=O) groups is 2. The second-order valence-electron chi connectivity index (χ2n) is 9.78. The summed E-state index contributed by atoms with van der Waals surface area (Å²) < 4.78 is 55.0. The van der Waals surface area contributed by atoms with E-state index in [0.29, 0.717) is 10.6 Å². The lowest BCUT2D eigenvalue weighted by Gasteiger charge is -2.69. The van der Waals surface area contributed by atoms with Crippen LogP contribution in [0.4, 0.5) is 23.2 Å². The van der Waals surface area contributed by atoms with E-state index in [2.05, 4.69) is 5.32 Å². The topological polar surface area (TPSA) is 66.4 Å². The lowest BCUT2D eigenvalue weighted by Crippen LogP contribution is -2.66. The second kappa shape index (κ2) is 8.96. The van der Waals surface area contributed by atoms with Crippen LogP contribution in [0.1, 0.15) is 55.6 Å². The maximum absolute atomic E-state index is 14.2. The molecule has 0 spiro atoms. The lowest BCUT2D eigenvalue weighted by molar-refractivity contribution is -0.228. The predicted molar refractivity (Wildman–Crippen MR) is 125 cm³/mol. The molecule has 188 valence electrons. The van der Waals surface area contributed by atoms with Crippen molar-refractivity contribution in [2.45, 2.75) is 56.3 Å². The van der Waals surface area contributed by atoms with E-state index in [-0.39, 0.29) is 42.0 Å². The van der Waals surface area contributed by atoms with Crippen molar-refractivity contribution in [1.82, 2.24) is 0 Å². The van der Waals surface area contributed by atoms with Gasteiger partial charge in [0.2, 0.25) is 5.91 Å². The van der Waals surface area contributed by atoms with E-state index in [1.54, 1.807) is 6.07 Å². The van der Waals surface area contributed by atoms with Crippen molar-refractivity contribution >= 4 is 40.8 Å². The molecule has 3 fully saturated rings. The van der Waals surface area contributed by atoms with Crippen molar-refractivity contribution in [2.24, 2.45) is 11.3 Å². The highest BCUT2D eigenvalue weighted by Gasteiger charge is 2.71. The van der Waals surface area contributed by atoms with Crippen LogP contribution in [0.3, 0.4) is 0 Å². The van der Waals surface area contributed by atoms with E-state index in [1.165, 1.54) is 36.4 Å². The van der Waals surface area contributed by atoms with Gasteiger partial charge in [0.15, 0.2) is 0 Å². The summed E-state index contributed by atoms with van der Waals surface area (Å²) in [5, 5.41) is 12.3. The first-order valence-electron chi connectivity index (χ1n) is 11.1. The second-order valence-corrected chi connectivity index (χ2v) is 10.6. The Morgan fingerprint density at radius 2 is 1.63 bits per heavy atom. The largest absolute Gasteiger partial charge is 0.481 e. The van der Waals surface area contributed by atoms with Gasteiger partial charge in [-0.3, -0.25) is 9.59 Å². The van der Waals surface area contributed by atoms with Crippen LogP contribution in [0.5, 0.6) is 0 Å². The first-order valence-corrected chi connectivity index (χ1v) is 11.8. The zero-order chi connectivity index (χ0) is 25.8. The molecular formula is C25H23Cl2F4NO3. The van der Waals surface area contributed by atoms with Crippen LogP contribution in [-0.2, 0) is 9.59 Å². The van der Waals surface area contributed by atoms with Crippen LogP contribution >= 0.6 is 23.2 Å². The minimum atomic E-state index is -4.65. The number of halogens is 6. The summed E-state index contributed by atoms with van der Waals surface area (Å²) in [5.74, 6) is -6.06. The minimum Gasteiger partial charge on any atom is -0.481 e. The van der Waals surface area contributed by atoms with Gasteiger partial charge in [0.25, 0.3) is 0 Å². The number of nitrogens with one attached hydrogen (secondary N) is 1. The van der Waals surface area contributed by atoms with Crippen molar-refractivity contribution in [2.75, 3.05) is 5.32 Å². The third-order valence-electron chi connectivity index (χ3n) is 7.30. The summed E-state index contributed by atoms with van der Waals surface area (Å²) >= 11 is 12.1. The van der Waals surface area contributed by atoms with Gasteiger partial charge in [0.05, 0.1) is 29.0 Å². The Morgan fingerprint density at radius 1 is 1.06 bits per heavy atom. The Morgan fingerprint density at radius 3 is 2.14 bits per heavy atom. The van der Waals surface area contributed by atoms with Gasteiger partial charge in [-0.15, -0.1) is 0 Å². The number of carboxylic acid groups (broad SMARTS) is 1. The van der Waals surface area contributed by atoms with Crippen molar-refractivity contribution < 1.29 is 32.3 Å². The van der Waals surface area contributed by atoms with E-state index < -0.39 is 46.9 Å². The average molecular weight is 532 g/mol.